The first-order valence-corrected chi connectivity index (χ1v) is 7.89. The van der Waals surface area contributed by atoms with Crippen molar-refractivity contribution in [1.82, 2.24) is 24.6 Å². The largest absolute Gasteiger partial charge is 0.354 e. The molecule has 4 rings (SSSR count). The minimum absolute atomic E-state index is 0.112. The summed E-state index contributed by atoms with van der Waals surface area (Å²) in [5.74, 6) is 1.47. The van der Waals surface area contributed by atoms with Gasteiger partial charge in [0.15, 0.2) is 5.82 Å². The van der Waals surface area contributed by atoms with E-state index in [9.17, 15) is 4.79 Å². The summed E-state index contributed by atoms with van der Waals surface area (Å²) in [6.07, 6.45) is 7.23. The second-order valence-corrected chi connectivity index (χ2v) is 5.98. The molecule has 3 heterocycles. The first-order valence-electron chi connectivity index (χ1n) is 7.89. The molecule has 116 valence electrons. The Balaban J connectivity index is 1.49. The number of aromatic nitrogens is 4. The van der Waals surface area contributed by atoms with Gasteiger partial charge in [0.2, 0.25) is 0 Å². The van der Waals surface area contributed by atoms with Gasteiger partial charge in [-0.25, -0.2) is 14.6 Å². The molecule has 7 nitrogen and oxygen atoms in total. The van der Waals surface area contributed by atoms with E-state index < -0.39 is 0 Å². The highest BCUT2D eigenvalue weighted by molar-refractivity contribution is 5.43. The number of H-pyrrole nitrogens is 1. The van der Waals surface area contributed by atoms with Gasteiger partial charge in [-0.1, -0.05) is 6.42 Å². The molecule has 1 N–H and O–H groups in total. The molecular formula is C15H20N6O. The average Bonchev–Trinajstić information content (AvgIpc) is 2.93. The molecule has 1 saturated heterocycles. The Morgan fingerprint density at radius 1 is 1.09 bits per heavy atom. The molecule has 2 aromatic heterocycles. The average molecular weight is 300 g/mol. The first kappa shape index (κ1) is 13.5. The third kappa shape index (κ3) is 2.41. The number of anilines is 1. The molecule has 2 aliphatic rings. The molecule has 2 aromatic rings. The van der Waals surface area contributed by atoms with Crippen LogP contribution in [0.15, 0.2) is 29.5 Å². The molecule has 1 aliphatic carbocycles. The number of aromatic amines is 1. The topological polar surface area (TPSA) is 70.1 Å². The fourth-order valence-corrected chi connectivity index (χ4v) is 3.20. The van der Waals surface area contributed by atoms with E-state index in [2.05, 4.69) is 24.9 Å². The lowest BCUT2D eigenvalue weighted by atomic mass is 9.91. The lowest BCUT2D eigenvalue weighted by Gasteiger charge is -2.43. The van der Waals surface area contributed by atoms with Gasteiger partial charge in [0, 0.05) is 50.6 Å². The molecule has 0 bridgehead atoms. The van der Waals surface area contributed by atoms with Gasteiger partial charge in [-0.2, -0.15) is 0 Å². The van der Waals surface area contributed by atoms with Crippen LogP contribution in [0.25, 0.3) is 5.82 Å². The van der Waals surface area contributed by atoms with Gasteiger partial charge >= 0.3 is 0 Å². The lowest BCUT2D eigenvalue weighted by molar-refractivity contribution is 0.120. The molecule has 2 fully saturated rings. The fourth-order valence-electron chi connectivity index (χ4n) is 3.20. The van der Waals surface area contributed by atoms with E-state index in [-0.39, 0.29) is 5.56 Å². The predicted molar refractivity (Wildman–Crippen MR) is 83.4 cm³/mol. The van der Waals surface area contributed by atoms with E-state index in [1.807, 2.05) is 6.07 Å². The van der Waals surface area contributed by atoms with Crippen LogP contribution in [0.2, 0.25) is 0 Å². The molecule has 0 atom stereocenters. The Bertz CT molecular complexity index is 696. The number of hydrogen-bond acceptors (Lipinski definition) is 5. The van der Waals surface area contributed by atoms with Gasteiger partial charge in [0.05, 0.1) is 0 Å². The highest BCUT2D eigenvalue weighted by atomic mass is 16.1. The second-order valence-electron chi connectivity index (χ2n) is 5.98. The van der Waals surface area contributed by atoms with Crippen molar-refractivity contribution in [3.63, 3.8) is 0 Å². The SMILES string of the molecule is O=c1cc[nH]n1-c1cc(N2CCN(C3CCC3)CC2)ncn1. The highest BCUT2D eigenvalue weighted by Crippen LogP contribution is 2.26. The highest BCUT2D eigenvalue weighted by Gasteiger charge is 2.28. The summed E-state index contributed by atoms with van der Waals surface area (Å²) < 4.78 is 1.43. The van der Waals surface area contributed by atoms with Crippen LogP contribution in [0.4, 0.5) is 5.82 Å². The Labute approximate surface area is 128 Å². The Morgan fingerprint density at radius 2 is 1.86 bits per heavy atom. The normalized spacial score (nSPS) is 20.1. The summed E-state index contributed by atoms with van der Waals surface area (Å²) >= 11 is 0. The van der Waals surface area contributed by atoms with E-state index in [0.717, 1.165) is 38.0 Å². The Kier molecular flexibility index (Phi) is 3.42. The minimum Gasteiger partial charge on any atom is -0.354 e. The molecule has 0 spiro atoms. The maximum atomic E-state index is 11.7. The summed E-state index contributed by atoms with van der Waals surface area (Å²) in [5.41, 5.74) is -0.112. The van der Waals surface area contributed by atoms with Crippen LogP contribution in [0.5, 0.6) is 0 Å². The number of hydrogen-bond donors (Lipinski definition) is 1. The predicted octanol–water partition coefficient (Wildman–Crippen LogP) is 0.630. The van der Waals surface area contributed by atoms with Crippen molar-refractivity contribution in [1.29, 1.82) is 0 Å². The summed E-state index contributed by atoms with van der Waals surface area (Å²) in [6.45, 7) is 4.14. The molecule has 22 heavy (non-hydrogen) atoms. The molecule has 1 aliphatic heterocycles. The van der Waals surface area contributed by atoms with Crippen molar-refractivity contribution in [2.75, 3.05) is 31.1 Å². The van der Waals surface area contributed by atoms with Gasteiger partial charge in [0.25, 0.3) is 5.56 Å². The zero-order valence-electron chi connectivity index (χ0n) is 12.5. The van der Waals surface area contributed by atoms with E-state index in [0.29, 0.717) is 5.82 Å². The number of rotatable bonds is 3. The van der Waals surface area contributed by atoms with Gasteiger partial charge in [-0.3, -0.25) is 14.8 Å². The van der Waals surface area contributed by atoms with E-state index in [1.165, 1.54) is 36.3 Å². The number of nitrogens with one attached hydrogen (secondary N) is 1. The van der Waals surface area contributed by atoms with E-state index in [1.54, 1.807) is 6.20 Å². The van der Waals surface area contributed by atoms with Gasteiger partial charge < -0.3 is 4.90 Å². The Morgan fingerprint density at radius 3 is 2.50 bits per heavy atom. The van der Waals surface area contributed by atoms with Crippen molar-refractivity contribution in [2.24, 2.45) is 0 Å². The second kappa shape index (κ2) is 5.57. The van der Waals surface area contributed by atoms with Crippen molar-refractivity contribution in [3.8, 4) is 5.82 Å². The number of nitrogens with zero attached hydrogens (tertiary/aromatic N) is 5. The van der Waals surface area contributed by atoms with Crippen LogP contribution in [0.3, 0.4) is 0 Å². The van der Waals surface area contributed by atoms with Crippen LogP contribution < -0.4 is 10.5 Å². The van der Waals surface area contributed by atoms with Crippen molar-refractivity contribution in [2.45, 2.75) is 25.3 Å². The van der Waals surface area contributed by atoms with Crippen LogP contribution in [-0.2, 0) is 0 Å². The quantitative estimate of drug-likeness (QED) is 0.900. The zero-order valence-corrected chi connectivity index (χ0v) is 12.5. The minimum atomic E-state index is -0.112. The van der Waals surface area contributed by atoms with Gasteiger partial charge in [0.1, 0.15) is 12.1 Å². The van der Waals surface area contributed by atoms with Crippen molar-refractivity contribution < 1.29 is 0 Å². The Hall–Kier alpha value is -2.15. The lowest BCUT2D eigenvalue weighted by Crippen LogP contribution is -2.52. The third-order valence-corrected chi connectivity index (χ3v) is 4.75. The van der Waals surface area contributed by atoms with Gasteiger partial charge in [-0.15, -0.1) is 0 Å². The van der Waals surface area contributed by atoms with Gasteiger partial charge in [-0.05, 0) is 12.8 Å². The van der Waals surface area contributed by atoms with Crippen molar-refractivity contribution in [3.05, 3.63) is 35.0 Å². The van der Waals surface area contributed by atoms with Crippen LogP contribution in [-0.4, -0.2) is 56.9 Å². The summed E-state index contributed by atoms with van der Waals surface area (Å²) in [7, 11) is 0. The third-order valence-electron chi connectivity index (χ3n) is 4.75. The van der Waals surface area contributed by atoms with E-state index >= 15 is 0 Å². The fraction of sp³-hybridized carbons (Fsp3) is 0.533. The molecule has 0 radical (unpaired) electrons. The molecule has 1 saturated carbocycles. The zero-order chi connectivity index (χ0) is 14.9. The smallest absolute Gasteiger partial charge is 0.272 e. The summed E-state index contributed by atoms with van der Waals surface area (Å²) in [6, 6.07) is 4.16. The molecule has 0 unspecified atom stereocenters. The van der Waals surface area contributed by atoms with Crippen molar-refractivity contribution >= 4 is 5.82 Å². The standard InChI is InChI=1S/C15H20N6O/c22-15-4-5-18-21(15)14-10-13(16-11-17-14)20-8-6-19(7-9-20)12-2-1-3-12/h4-5,10-12,18H,1-3,6-9H2. The monoisotopic (exact) mass is 300 g/mol. The molecule has 0 amide bonds. The maximum absolute atomic E-state index is 11.7. The van der Waals surface area contributed by atoms with Crippen LogP contribution in [0, 0.1) is 0 Å². The number of piperazine rings is 1. The molecular weight excluding hydrogens is 280 g/mol. The van der Waals surface area contributed by atoms with E-state index in [4.69, 9.17) is 0 Å². The van der Waals surface area contributed by atoms with Crippen LogP contribution in [0.1, 0.15) is 19.3 Å². The first-order chi connectivity index (χ1) is 10.8. The summed E-state index contributed by atoms with van der Waals surface area (Å²) in [5, 5.41) is 2.88. The maximum Gasteiger partial charge on any atom is 0.272 e. The molecule has 7 heteroatoms. The summed E-state index contributed by atoms with van der Waals surface area (Å²) in [4.78, 5) is 25.1. The molecule has 0 aromatic carbocycles. The van der Waals surface area contributed by atoms with Crippen LogP contribution >= 0.6 is 0 Å².